The molecule has 230 valence electrons. The highest BCUT2D eigenvalue weighted by molar-refractivity contribution is 6.83. The maximum atomic E-state index is 13.4. The zero-order valence-electron chi connectivity index (χ0n) is 28.7. The fourth-order valence-corrected chi connectivity index (χ4v) is 6.89. The average Bonchev–Trinajstić information content (AvgIpc) is 2.75. The summed E-state index contributed by atoms with van der Waals surface area (Å²) in [6.45, 7) is 35.1. The molecule has 1 aliphatic rings. The number of aliphatic hydroxyl groups excluding tert-OH is 1. The van der Waals surface area contributed by atoms with Crippen molar-refractivity contribution < 1.29 is 19.1 Å². The number of carbonyl (C=O) groups excluding carboxylic acids is 1. The van der Waals surface area contributed by atoms with Crippen LogP contribution in [0.15, 0.2) is 23.0 Å². The molecule has 0 aliphatic heterocycles. The van der Waals surface area contributed by atoms with Crippen molar-refractivity contribution in [3.05, 3.63) is 23.0 Å². The Bertz CT molecular complexity index is 979. The largest absolute Gasteiger partial charge is 0.417 e. The molecule has 5 nitrogen and oxygen atoms in total. The van der Waals surface area contributed by atoms with E-state index in [4.69, 9.17) is 9.16 Å². The van der Waals surface area contributed by atoms with Crippen molar-refractivity contribution in [1.82, 2.24) is 4.90 Å². The van der Waals surface area contributed by atoms with E-state index >= 15 is 0 Å². The Morgan fingerprint density at radius 2 is 1.60 bits per heavy atom. The smallest absolute Gasteiger partial charge is 0.415 e. The van der Waals surface area contributed by atoms with Crippen LogP contribution in [0.4, 0.5) is 4.79 Å². The van der Waals surface area contributed by atoms with E-state index in [1.165, 1.54) is 0 Å². The van der Waals surface area contributed by atoms with Gasteiger partial charge in [0.25, 0.3) is 0 Å². The monoisotopic (exact) mass is 591 g/mol. The van der Waals surface area contributed by atoms with E-state index in [-0.39, 0.29) is 41.0 Å². The summed E-state index contributed by atoms with van der Waals surface area (Å²) in [5.74, 6) is 4.37. The quantitative estimate of drug-likeness (QED) is 0.215. The second-order valence-corrected chi connectivity index (χ2v) is 24.8. The highest BCUT2D eigenvalue weighted by Gasteiger charge is 2.45. The fourth-order valence-electron chi connectivity index (χ4n) is 5.27. The van der Waals surface area contributed by atoms with Gasteiger partial charge in [-0.1, -0.05) is 60.2 Å². The van der Waals surface area contributed by atoms with Gasteiger partial charge in [-0.25, -0.2) is 4.79 Å². The minimum Gasteiger partial charge on any atom is -0.417 e. The Morgan fingerprint density at radius 1 is 1.07 bits per heavy atom. The first-order valence-electron chi connectivity index (χ1n) is 15.2. The minimum atomic E-state index is -2.01. The minimum absolute atomic E-state index is 0.0283. The Labute approximate surface area is 249 Å². The molecule has 0 radical (unpaired) electrons. The molecule has 0 bridgehead atoms. The van der Waals surface area contributed by atoms with Gasteiger partial charge in [0.2, 0.25) is 0 Å². The molecule has 0 aromatic rings. The summed E-state index contributed by atoms with van der Waals surface area (Å²) in [5, 5.41) is 11.9. The van der Waals surface area contributed by atoms with E-state index in [9.17, 15) is 9.90 Å². The molecule has 1 amide bonds. The van der Waals surface area contributed by atoms with Crippen molar-refractivity contribution in [3.8, 4) is 11.5 Å². The molecule has 4 atom stereocenters. The van der Waals surface area contributed by atoms with Crippen molar-refractivity contribution in [1.29, 1.82) is 0 Å². The SMILES string of the molecule is CC1=C(OC(=O)N(C(C)C)C(C)C)C[C@H](C(C)C)[C@@H](CO[Si](C)(C)C(C)(C)C)[C@H]1[C@H](O)/C=C(\C)C#C[Si](C)(C)C. The number of allylic oxidation sites excluding steroid dienone is 2. The highest BCUT2D eigenvalue weighted by Crippen LogP contribution is 2.46. The van der Waals surface area contributed by atoms with Gasteiger partial charge in [0.15, 0.2) is 8.32 Å². The molecule has 0 saturated carbocycles. The second kappa shape index (κ2) is 14.2. The molecule has 0 fully saturated rings. The number of carbonyl (C=O) groups is 1. The maximum absolute atomic E-state index is 13.4. The third-order valence-corrected chi connectivity index (χ3v) is 14.0. The third-order valence-electron chi connectivity index (χ3n) is 8.63. The summed E-state index contributed by atoms with van der Waals surface area (Å²) in [6.07, 6.45) is 1.48. The van der Waals surface area contributed by atoms with Gasteiger partial charge in [-0.05, 0) is 94.7 Å². The van der Waals surface area contributed by atoms with Gasteiger partial charge < -0.3 is 19.2 Å². The van der Waals surface area contributed by atoms with Gasteiger partial charge in [-0.3, -0.25) is 0 Å². The van der Waals surface area contributed by atoms with Gasteiger partial charge >= 0.3 is 6.09 Å². The van der Waals surface area contributed by atoms with Crippen molar-refractivity contribution in [2.24, 2.45) is 23.7 Å². The molecule has 0 saturated heterocycles. The lowest BCUT2D eigenvalue weighted by atomic mass is 9.66. The molecule has 40 heavy (non-hydrogen) atoms. The lowest BCUT2D eigenvalue weighted by Gasteiger charge is -2.45. The third kappa shape index (κ3) is 10.2. The maximum Gasteiger partial charge on any atom is 0.415 e. The van der Waals surface area contributed by atoms with Crippen LogP contribution in [-0.2, 0) is 9.16 Å². The van der Waals surface area contributed by atoms with Crippen LogP contribution in [0.3, 0.4) is 0 Å². The topological polar surface area (TPSA) is 59.0 Å². The van der Waals surface area contributed by atoms with Crippen molar-refractivity contribution in [2.75, 3.05) is 6.61 Å². The van der Waals surface area contributed by atoms with E-state index < -0.39 is 22.5 Å². The Balaban J connectivity index is 3.64. The van der Waals surface area contributed by atoms with Gasteiger partial charge in [-0.15, -0.1) is 5.54 Å². The molecule has 1 N–H and O–H groups in total. The Hall–Kier alpha value is -1.34. The fraction of sp³-hybridized carbons (Fsp3) is 0.788. The molecule has 0 heterocycles. The van der Waals surface area contributed by atoms with E-state index in [2.05, 4.69) is 78.8 Å². The molecule has 0 unspecified atom stereocenters. The Morgan fingerprint density at radius 3 is 2.02 bits per heavy atom. The normalized spacial score (nSPS) is 22.0. The summed E-state index contributed by atoms with van der Waals surface area (Å²) in [6, 6.07) is 0.0566. The number of hydrogen-bond acceptors (Lipinski definition) is 4. The lowest BCUT2D eigenvalue weighted by molar-refractivity contribution is 0.0265. The van der Waals surface area contributed by atoms with Crippen LogP contribution in [-0.4, -0.2) is 57.3 Å². The van der Waals surface area contributed by atoms with E-state index in [0.717, 1.165) is 11.1 Å². The van der Waals surface area contributed by atoms with Crippen LogP contribution >= 0.6 is 0 Å². The summed E-state index contributed by atoms with van der Waals surface area (Å²) in [7, 11) is -3.56. The molecular weight excluding hydrogens is 531 g/mol. The van der Waals surface area contributed by atoms with Crippen molar-refractivity contribution in [2.45, 2.75) is 139 Å². The molecule has 1 rings (SSSR count). The molecule has 0 aromatic heterocycles. The lowest BCUT2D eigenvalue weighted by Crippen LogP contribution is -2.47. The summed E-state index contributed by atoms with van der Waals surface area (Å²) in [4.78, 5) is 15.1. The Kier molecular flexibility index (Phi) is 13.0. The van der Waals surface area contributed by atoms with Crippen LogP contribution in [0, 0.1) is 35.1 Å². The first-order chi connectivity index (χ1) is 18.0. The van der Waals surface area contributed by atoms with E-state index in [1.807, 2.05) is 47.6 Å². The number of rotatable bonds is 9. The standard InChI is InChI=1S/C33H61NO4Si2/c1-22(2)27-20-30(38-32(36)34(23(3)4)24(5)6)26(8)31(28(27)21-37-40(15,16)33(9,10)11)29(35)19-25(7)17-18-39(12,13)14/h19,22-24,27-29,31,35H,20-21H2,1-16H3/b25-19+/t27-,28-,29-,31+/m1/s1. The molecule has 7 heteroatoms. The summed E-state index contributed by atoms with van der Waals surface area (Å²) in [5.41, 5.74) is 5.23. The number of ether oxygens (including phenoxy) is 1. The van der Waals surface area contributed by atoms with E-state index in [1.54, 1.807) is 4.90 Å². The number of nitrogens with zero attached hydrogens (tertiary/aromatic N) is 1. The predicted molar refractivity (Wildman–Crippen MR) is 175 cm³/mol. The zero-order valence-corrected chi connectivity index (χ0v) is 30.7. The molecule has 0 aromatic carbocycles. The number of amides is 1. The highest BCUT2D eigenvalue weighted by atomic mass is 28.4. The van der Waals surface area contributed by atoms with Crippen LogP contribution in [0.25, 0.3) is 0 Å². The zero-order chi connectivity index (χ0) is 31.4. The van der Waals surface area contributed by atoms with Crippen LogP contribution in [0.2, 0.25) is 37.8 Å². The summed E-state index contributed by atoms with van der Waals surface area (Å²) >= 11 is 0. The van der Waals surface area contributed by atoms with Crippen molar-refractivity contribution >= 4 is 22.5 Å². The second-order valence-electron chi connectivity index (χ2n) is 15.3. The van der Waals surface area contributed by atoms with Crippen molar-refractivity contribution in [3.63, 3.8) is 0 Å². The number of aliphatic hydroxyl groups is 1. The molecule has 0 spiro atoms. The van der Waals surface area contributed by atoms with E-state index in [0.29, 0.717) is 24.7 Å². The van der Waals surface area contributed by atoms with Gasteiger partial charge in [0.1, 0.15) is 13.8 Å². The predicted octanol–water partition coefficient (Wildman–Crippen LogP) is 8.63. The van der Waals surface area contributed by atoms with Crippen LogP contribution < -0.4 is 0 Å². The van der Waals surface area contributed by atoms with Crippen LogP contribution in [0.1, 0.15) is 82.6 Å². The molecule has 1 aliphatic carbocycles. The first-order valence-corrected chi connectivity index (χ1v) is 21.6. The first kappa shape index (κ1) is 36.7. The van der Waals surface area contributed by atoms with Crippen LogP contribution in [0.5, 0.6) is 0 Å². The average molecular weight is 592 g/mol. The van der Waals surface area contributed by atoms with Gasteiger partial charge in [0.05, 0.1) is 6.10 Å². The molecular formula is C33H61NO4Si2. The van der Waals surface area contributed by atoms with Gasteiger partial charge in [-0.2, -0.15) is 0 Å². The number of hydrogen-bond donors (Lipinski definition) is 1. The van der Waals surface area contributed by atoms with Gasteiger partial charge in [0, 0.05) is 31.0 Å². The summed E-state index contributed by atoms with van der Waals surface area (Å²) < 4.78 is 13.0.